The predicted molar refractivity (Wildman–Crippen MR) is 80.5 cm³/mol. The zero-order valence-corrected chi connectivity index (χ0v) is 11.9. The fraction of sp³-hybridized carbons (Fsp3) is 0.118. The van der Waals surface area contributed by atoms with Crippen molar-refractivity contribution in [2.75, 3.05) is 6.61 Å². The number of hydrogen-bond acceptors (Lipinski definition) is 5. The Labute approximate surface area is 127 Å². The second-order valence-corrected chi connectivity index (χ2v) is 4.62. The molecule has 0 amide bonds. The van der Waals surface area contributed by atoms with Crippen LogP contribution in [0.2, 0.25) is 0 Å². The zero-order chi connectivity index (χ0) is 15.5. The van der Waals surface area contributed by atoms with Gasteiger partial charge < -0.3 is 9.47 Å². The Morgan fingerprint density at radius 1 is 1.09 bits per heavy atom. The molecule has 0 saturated carbocycles. The molecule has 1 aliphatic rings. The molecule has 5 nitrogen and oxygen atoms in total. The molecule has 110 valence electrons. The molecule has 0 N–H and O–H groups in total. The van der Waals surface area contributed by atoms with Crippen LogP contribution in [0.25, 0.3) is 0 Å². The lowest BCUT2D eigenvalue weighted by atomic mass is 10.1. The van der Waals surface area contributed by atoms with Crippen LogP contribution in [0.1, 0.15) is 33.2 Å². The van der Waals surface area contributed by atoms with Crippen molar-refractivity contribution < 1.29 is 19.1 Å². The predicted octanol–water partition coefficient (Wildman–Crippen LogP) is 3.11. The van der Waals surface area contributed by atoms with E-state index in [2.05, 4.69) is 4.99 Å². The van der Waals surface area contributed by atoms with Crippen LogP contribution < -0.4 is 0 Å². The number of carbonyl (C=O) groups is 2. The number of carbonyl (C=O) groups excluding carboxylic acids is 2. The SMILES string of the molecule is CCOC(=O)c1ccc(N=C2OC(=O)c3ccccc32)cc1. The van der Waals surface area contributed by atoms with E-state index in [0.717, 1.165) is 0 Å². The fourth-order valence-corrected chi connectivity index (χ4v) is 2.13. The van der Waals surface area contributed by atoms with Gasteiger partial charge in [0, 0.05) is 0 Å². The quantitative estimate of drug-likeness (QED) is 0.816. The molecule has 0 radical (unpaired) electrons. The number of ether oxygens (including phenoxy) is 2. The molecular weight excluding hydrogens is 282 g/mol. The molecule has 0 unspecified atom stereocenters. The van der Waals surface area contributed by atoms with Gasteiger partial charge in [0.1, 0.15) is 0 Å². The van der Waals surface area contributed by atoms with Gasteiger partial charge in [0.25, 0.3) is 0 Å². The summed E-state index contributed by atoms with van der Waals surface area (Å²) < 4.78 is 10.1. The number of esters is 2. The van der Waals surface area contributed by atoms with Gasteiger partial charge in [-0.25, -0.2) is 14.6 Å². The van der Waals surface area contributed by atoms with Gasteiger partial charge in [-0.1, -0.05) is 12.1 Å². The normalized spacial score (nSPS) is 14.6. The Kier molecular flexibility index (Phi) is 3.70. The molecule has 0 fully saturated rings. The molecule has 0 atom stereocenters. The van der Waals surface area contributed by atoms with E-state index in [1.54, 1.807) is 49.4 Å². The molecule has 2 aromatic carbocycles. The molecule has 1 heterocycles. The van der Waals surface area contributed by atoms with Crippen molar-refractivity contribution in [1.29, 1.82) is 0 Å². The third kappa shape index (κ3) is 2.61. The fourth-order valence-electron chi connectivity index (χ4n) is 2.13. The van der Waals surface area contributed by atoms with Crippen molar-refractivity contribution in [2.24, 2.45) is 4.99 Å². The Morgan fingerprint density at radius 3 is 2.45 bits per heavy atom. The number of aliphatic imine (C=N–C) groups is 1. The first-order valence-electron chi connectivity index (χ1n) is 6.86. The number of benzene rings is 2. The summed E-state index contributed by atoms with van der Waals surface area (Å²) in [5, 5.41) is 0. The highest BCUT2D eigenvalue weighted by molar-refractivity contribution is 6.17. The summed E-state index contributed by atoms with van der Waals surface area (Å²) in [7, 11) is 0. The average Bonchev–Trinajstić information content (AvgIpc) is 2.85. The number of hydrogen-bond donors (Lipinski definition) is 0. The van der Waals surface area contributed by atoms with Crippen LogP contribution in [-0.4, -0.2) is 24.4 Å². The van der Waals surface area contributed by atoms with E-state index in [0.29, 0.717) is 29.0 Å². The van der Waals surface area contributed by atoms with Gasteiger partial charge in [0.2, 0.25) is 5.90 Å². The summed E-state index contributed by atoms with van der Waals surface area (Å²) in [6.45, 7) is 2.08. The van der Waals surface area contributed by atoms with Crippen LogP contribution in [0.3, 0.4) is 0 Å². The van der Waals surface area contributed by atoms with Gasteiger partial charge in [0.15, 0.2) is 0 Å². The van der Waals surface area contributed by atoms with Crippen molar-refractivity contribution in [2.45, 2.75) is 6.92 Å². The average molecular weight is 295 g/mol. The minimum atomic E-state index is -0.405. The van der Waals surface area contributed by atoms with E-state index in [1.807, 2.05) is 6.07 Å². The van der Waals surface area contributed by atoms with E-state index in [-0.39, 0.29) is 11.9 Å². The maximum Gasteiger partial charge on any atom is 0.345 e. The highest BCUT2D eigenvalue weighted by Gasteiger charge is 2.27. The molecule has 0 aromatic heterocycles. The highest BCUT2D eigenvalue weighted by Crippen LogP contribution is 2.23. The molecule has 2 aromatic rings. The summed E-state index contributed by atoms with van der Waals surface area (Å²) in [5.74, 6) is -0.513. The third-order valence-electron chi connectivity index (χ3n) is 3.18. The molecular formula is C17H13NO4. The second-order valence-electron chi connectivity index (χ2n) is 4.62. The lowest BCUT2D eigenvalue weighted by Crippen LogP contribution is -2.04. The van der Waals surface area contributed by atoms with Gasteiger partial charge in [-0.15, -0.1) is 0 Å². The van der Waals surface area contributed by atoms with E-state index in [9.17, 15) is 9.59 Å². The highest BCUT2D eigenvalue weighted by atomic mass is 16.5. The number of nitrogens with zero attached hydrogens (tertiary/aromatic N) is 1. The molecule has 0 bridgehead atoms. The van der Waals surface area contributed by atoms with Crippen LogP contribution in [-0.2, 0) is 9.47 Å². The standard InChI is InChI=1S/C17H13NO4/c1-2-21-16(19)11-7-9-12(10-8-11)18-15-13-5-3-4-6-14(13)17(20)22-15/h3-10H,2H2,1H3. The summed E-state index contributed by atoms with van der Waals surface area (Å²) in [5.41, 5.74) is 2.22. The number of cyclic esters (lactones) is 1. The monoisotopic (exact) mass is 295 g/mol. The largest absolute Gasteiger partial charge is 0.462 e. The molecule has 3 rings (SSSR count). The molecule has 0 aliphatic carbocycles. The summed E-state index contributed by atoms with van der Waals surface area (Å²) in [6, 6.07) is 13.7. The van der Waals surface area contributed by atoms with Crippen LogP contribution in [0.15, 0.2) is 53.5 Å². The summed E-state index contributed by atoms with van der Waals surface area (Å²) >= 11 is 0. The molecule has 0 spiro atoms. The lowest BCUT2D eigenvalue weighted by molar-refractivity contribution is 0.0526. The van der Waals surface area contributed by atoms with Crippen molar-refractivity contribution in [1.82, 2.24) is 0 Å². The van der Waals surface area contributed by atoms with Gasteiger partial charge in [-0.2, -0.15) is 0 Å². The van der Waals surface area contributed by atoms with Gasteiger partial charge >= 0.3 is 11.9 Å². The van der Waals surface area contributed by atoms with Gasteiger partial charge in [-0.05, 0) is 43.3 Å². The Hall–Kier alpha value is -2.95. The summed E-state index contributed by atoms with van der Waals surface area (Å²) in [6.07, 6.45) is 0. The second kappa shape index (κ2) is 5.81. The lowest BCUT2D eigenvalue weighted by Gasteiger charge is -2.02. The maximum absolute atomic E-state index is 11.7. The number of fused-ring (bicyclic) bond motifs is 1. The van der Waals surface area contributed by atoms with Crippen molar-refractivity contribution in [3.63, 3.8) is 0 Å². The molecule has 0 saturated heterocycles. The Morgan fingerprint density at radius 2 is 1.77 bits per heavy atom. The zero-order valence-electron chi connectivity index (χ0n) is 11.9. The van der Waals surface area contributed by atoms with Gasteiger partial charge in [0.05, 0.1) is 29.0 Å². The van der Waals surface area contributed by atoms with Crippen molar-refractivity contribution >= 4 is 23.5 Å². The van der Waals surface area contributed by atoms with Gasteiger partial charge in [-0.3, -0.25) is 0 Å². The van der Waals surface area contributed by atoms with E-state index in [4.69, 9.17) is 9.47 Å². The van der Waals surface area contributed by atoms with E-state index >= 15 is 0 Å². The smallest absolute Gasteiger partial charge is 0.345 e. The molecule has 1 aliphatic heterocycles. The van der Waals surface area contributed by atoms with Crippen LogP contribution in [0.5, 0.6) is 0 Å². The van der Waals surface area contributed by atoms with Crippen LogP contribution >= 0.6 is 0 Å². The van der Waals surface area contributed by atoms with Crippen LogP contribution in [0.4, 0.5) is 5.69 Å². The van der Waals surface area contributed by atoms with Crippen molar-refractivity contribution in [3.8, 4) is 0 Å². The summed E-state index contributed by atoms with van der Waals surface area (Å²) in [4.78, 5) is 27.6. The molecule has 22 heavy (non-hydrogen) atoms. The van der Waals surface area contributed by atoms with E-state index < -0.39 is 5.97 Å². The van der Waals surface area contributed by atoms with Crippen molar-refractivity contribution in [3.05, 3.63) is 65.2 Å². The first-order valence-corrected chi connectivity index (χ1v) is 6.86. The molecule has 5 heteroatoms. The minimum Gasteiger partial charge on any atom is -0.462 e. The topological polar surface area (TPSA) is 65.0 Å². The first-order chi connectivity index (χ1) is 10.7. The minimum absolute atomic E-state index is 0.268. The maximum atomic E-state index is 11.7. The number of rotatable bonds is 3. The third-order valence-corrected chi connectivity index (χ3v) is 3.18. The first kappa shape index (κ1) is 14.0. The Bertz CT molecular complexity index is 762. The van der Waals surface area contributed by atoms with Crippen LogP contribution in [0, 0.1) is 0 Å². The Balaban J connectivity index is 1.88. The van der Waals surface area contributed by atoms with E-state index in [1.165, 1.54) is 0 Å².